The van der Waals surface area contributed by atoms with Gasteiger partial charge in [-0.2, -0.15) is 0 Å². The molecule has 0 atom stereocenters. The lowest BCUT2D eigenvalue weighted by atomic mass is 10.1. The van der Waals surface area contributed by atoms with Gasteiger partial charge >= 0.3 is 6.03 Å². The van der Waals surface area contributed by atoms with Crippen LogP contribution in [0.25, 0.3) is 0 Å². The molecule has 2 amide bonds. The highest BCUT2D eigenvalue weighted by Gasteiger charge is 2.27. The molecule has 3 N–H and O–H groups in total. The topological polar surface area (TPSA) is 92.5 Å². The van der Waals surface area contributed by atoms with E-state index in [2.05, 4.69) is 21.2 Å². The third kappa shape index (κ3) is 3.62. The number of alkyl halides is 1. The molecule has 6 nitrogen and oxygen atoms in total. The van der Waals surface area contributed by atoms with Crippen LogP contribution in [0.15, 0.2) is 0 Å². The molecule has 8 heteroatoms. The maximum absolute atomic E-state index is 11.5. The van der Waals surface area contributed by atoms with Gasteiger partial charge in [0.2, 0.25) is 10.0 Å². The minimum absolute atomic E-state index is 0.00993. The number of primary amides is 1. The summed E-state index contributed by atoms with van der Waals surface area (Å²) in [6.45, 7) is 0.859. The number of carbonyl (C=O) groups excluding carboxylic acids is 1. The number of halogens is 1. The fourth-order valence-corrected chi connectivity index (χ4v) is 3.32. The molecule has 0 aromatic rings. The van der Waals surface area contributed by atoms with Crippen LogP contribution in [0, 0.1) is 0 Å². The van der Waals surface area contributed by atoms with Crippen molar-refractivity contribution in [3.63, 3.8) is 0 Å². The molecule has 1 aliphatic rings. The van der Waals surface area contributed by atoms with E-state index >= 15 is 0 Å². The molecule has 1 aliphatic heterocycles. The number of hydrogen-bond acceptors (Lipinski definition) is 3. The van der Waals surface area contributed by atoms with Crippen molar-refractivity contribution in [2.75, 3.05) is 17.8 Å². The minimum atomic E-state index is -3.17. The zero-order chi connectivity index (χ0) is 11.5. The average molecular weight is 300 g/mol. The SMILES string of the molecule is NC(=O)NC1CCN(S(=O)(=O)CBr)CC1. The Morgan fingerprint density at radius 2 is 2.00 bits per heavy atom. The van der Waals surface area contributed by atoms with Crippen molar-refractivity contribution in [2.45, 2.75) is 18.9 Å². The van der Waals surface area contributed by atoms with Gasteiger partial charge < -0.3 is 11.1 Å². The van der Waals surface area contributed by atoms with Crippen LogP contribution in [-0.4, -0.2) is 42.5 Å². The summed E-state index contributed by atoms with van der Waals surface area (Å²) in [7, 11) is -3.17. The van der Waals surface area contributed by atoms with Crippen LogP contribution in [0.3, 0.4) is 0 Å². The first kappa shape index (κ1) is 12.7. The predicted molar refractivity (Wildman–Crippen MR) is 60.0 cm³/mol. The zero-order valence-corrected chi connectivity index (χ0v) is 10.6. The van der Waals surface area contributed by atoms with Crippen LogP contribution in [0.2, 0.25) is 0 Å². The Hall–Kier alpha value is -0.340. The van der Waals surface area contributed by atoms with Gasteiger partial charge in [-0.3, -0.25) is 0 Å². The second-order valence-electron chi connectivity index (χ2n) is 3.40. The summed E-state index contributed by atoms with van der Waals surface area (Å²) in [5, 5.41) is 2.58. The Morgan fingerprint density at radius 3 is 2.40 bits per heavy atom. The Labute approximate surface area is 97.4 Å². The van der Waals surface area contributed by atoms with E-state index in [1.54, 1.807) is 0 Å². The number of amides is 2. The smallest absolute Gasteiger partial charge is 0.312 e. The van der Waals surface area contributed by atoms with Crippen LogP contribution in [0.5, 0.6) is 0 Å². The highest BCUT2D eigenvalue weighted by atomic mass is 79.9. The third-order valence-corrected chi connectivity index (χ3v) is 5.50. The van der Waals surface area contributed by atoms with Crippen molar-refractivity contribution in [3.8, 4) is 0 Å². The van der Waals surface area contributed by atoms with Gasteiger partial charge in [0.05, 0.1) is 0 Å². The lowest BCUT2D eigenvalue weighted by Crippen LogP contribution is -2.48. The standard InChI is InChI=1S/C7H14BrN3O3S/c8-5-15(13,14)11-3-1-6(2-4-11)10-7(9)12/h6H,1-5H2,(H3,9,10,12). The molecule has 0 unspecified atom stereocenters. The van der Waals surface area contributed by atoms with Crippen LogP contribution >= 0.6 is 15.9 Å². The number of piperidine rings is 1. The predicted octanol–water partition coefficient (Wildman–Crippen LogP) is -0.199. The summed E-state index contributed by atoms with van der Waals surface area (Å²) in [6.07, 6.45) is 1.21. The Kier molecular flexibility index (Phi) is 4.35. The van der Waals surface area contributed by atoms with E-state index in [1.807, 2.05) is 0 Å². The van der Waals surface area contributed by atoms with Gasteiger partial charge in [0.15, 0.2) is 0 Å². The van der Waals surface area contributed by atoms with Gasteiger partial charge in [0.1, 0.15) is 4.66 Å². The van der Waals surface area contributed by atoms with Gasteiger partial charge in [-0.15, -0.1) is 0 Å². The molecule has 0 aromatic carbocycles. The number of carbonyl (C=O) groups is 1. The molecule has 0 bridgehead atoms. The minimum Gasteiger partial charge on any atom is -0.352 e. The zero-order valence-electron chi connectivity index (χ0n) is 8.15. The first-order chi connectivity index (χ1) is 6.95. The third-order valence-electron chi connectivity index (χ3n) is 2.33. The van der Waals surface area contributed by atoms with Crippen LogP contribution < -0.4 is 11.1 Å². The molecular weight excluding hydrogens is 286 g/mol. The second-order valence-corrected chi connectivity index (χ2v) is 6.67. The first-order valence-corrected chi connectivity index (χ1v) is 7.28. The fraction of sp³-hybridized carbons (Fsp3) is 0.857. The second kappa shape index (κ2) is 5.13. The summed E-state index contributed by atoms with van der Waals surface area (Å²) in [5.74, 6) is 0. The summed E-state index contributed by atoms with van der Waals surface area (Å²) >= 11 is 2.94. The number of urea groups is 1. The van der Waals surface area contributed by atoms with Gasteiger partial charge in [-0.25, -0.2) is 17.5 Å². The van der Waals surface area contributed by atoms with Crippen LogP contribution in [0.1, 0.15) is 12.8 Å². The number of rotatable bonds is 3. The number of nitrogens with zero attached hydrogens (tertiary/aromatic N) is 1. The summed E-state index contributed by atoms with van der Waals surface area (Å²) in [5.41, 5.74) is 4.98. The van der Waals surface area contributed by atoms with Gasteiger partial charge in [-0.1, -0.05) is 15.9 Å². The van der Waals surface area contributed by atoms with E-state index < -0.39 is 16.1 Å². The largest absolute Gasteiger partial charge is 0.352 e. The fourth-order valence-electron chi connectivity index (χ4n) is 1.55. The molecule has 15 heavy (non-hydrogen) atoms. The van der Waals surface area contributed by atoms with E-state index in [0.29, 0.717) is 25.9 Å². The number of hydrogen-bond donors (Lipinski definition) is 2. The van der Waals surface area contributed by atoms with E-state index in [4.69, 9.17) is 5.73 Å². The first-order valence-electron chi connectivity index (χ1n) is 4.55. The molecule has 88 valence electrons. The van der Waals surface area contributed by atoms with E-state index in [-0.39, 0.29) is 10.7 Å². The molecule has 1 heterocycles. The molecular formula is C7H14BrN3O3S. The lowest BCUT2D eigenvalue weighted by Gasteiger charge is -2.30. The van der Waals surface area contributed by atoms with Crippen molar-refractivity contribution in [1.29, 1.82) is 0 Å². The van der Waals surface area contributed by atoms with Crippen molar-refractivity contribution < 1.29 is 13.2 Å². The van der Waals surface area contributed by atoms with Crippen molar-refractivity contribution in [2.24, 2.45) is 5.73 Å². The molecule has 1 fully saturated rings. The number of sulfonamides is 1. The van der Waals surface area contributed by atoms with Crippen LogP contribution in [-0.2, 0) is 10.0 Å². The Bertz CT molecular complexity index is 324. The maximum atomic E-state index is 11.5. The number of nitrogens with one attached hydrogen (secondary N) is 1. The van der Waals surface area contributed by atoms with Crippen molar-refractivity contribution in [1.82, 2.24) is 9.62 Å². The summed E-state index contributed by atoms with van der Waals surface area (Å²) in [4.78, 5) is 10.6. The maximum Gasteiger partial charge on any atom is 0.312 e. The van der Waals surface area contributed by atoms with E-state index in [9.17, 15) is 13.2 Å². The lowest BCUT2D eigenvalue weighted by molar-refractivity contribution is 0.235. The van der Waals surface area contributed by atoms with Gasteiger partial charge in [0, 0.05) is 19.1 Å². The van der Waals surface area contributed by atoms with Crippen molar-refractivity contribution >= 4 is 32.0 Å². The molecule has 0 radical (unpaired) electrons. The summed E-state index contributed by atoms with van der Waals surface area (Å²) < 4.78 is 24.3. The highest BCUT2D eigenvalue weighted by Crippen LogP contribution is 2.15. The quantitative estimate of drug-likeness (QED) is 0.707. The monoisotopic (exact) mass is 299 g/mol. The molecule has 0 aromatic heterocycles. The van der Waals surface area contributed by atoms with E-state index in [1.165, 1.54) is 4.31 Å². The molecule has 0 saturated carbocycles. The van der Waals surface area contributed by atoms with Gasteiger partial charge in [-0.05, 0) is 12.8 Å². The number of nitrogens with two attached hydrogens (primary N) is 1. The Balaban J connectivity index is 2.46. The molecule has 0 spiro atoms. The highest BCUT2D eigenvalue weighted by molar-refractivity contribution is 9.10. The molecule has 1 rings (SSSR count). The normalized spacial score (nSPS) is 20.1. The Morgan fingerprint density at radius 1 is 1.47 bits per heavy atom. The molecule has 0 aliphatic carbocycles. The van der Waals surface area contributed by atoms with Crippen LogP contribution in [0.4, 0.5) is 4.79 Å². The average Bonchev–Trinajstić information content (AvgIpc) is 2.18. The molecule has 1 saturated heterocycles. The van der Waals surface area contributed by atoms with Crippen molar-refractivity contribution in [3.05, 3.63) is 0 Å². The van der Waals surface area contributed by atoms with E-state index in [0.717, 1.165) is 0 Å². The summed E-state index contributed by atoms with van der Waals surface area (Å²) in [6, 6.07) is -0.568. The van der Waals surface area contributed by atoms with Gasteiger partial charge in [0.25, 0.3) is 0 Å².